The van der Waals surface area contributed by atoms with E-state index in [-0.39, 0.29) is 0 Å². The Labute approximate surface area is 180 Å². The average molecular weight is 426 g/mol. The summed E-state index contributed by atoms with van der Waals surface area (Å²) >= 11 is 5.69. The first kappa shape index (κ1) is 20.0. The summed E-state index contributed by atoms with van der Waals surface area (Å²) in [6.45, 7) is 2.85. The normalized spacial score (nSPS) is 18.0. The van der Waals surface area contributed by atoms with E-state index in [1.807, 2.05) is 49.4 Å². The third-order valence-corrected chi connectivity index (χ3v) is 5.42. The number of hydrogen-bond donors (Lipinski definition) is 1. The van der Waals surface area contributed by atoms with Crippen molar-refractivity contribution in [2.45, 2.75) is 13.0 Å². The van der Waals surface area contributed by atoms with Crippen molar-refractivity contribution < 1.29 is 23.7 Å². The number of benzene rings is 2. The van der Waals surface area contributed by atoms with Crippen LogP contribution in [0.1, 0.15) is 18.5 Å². The second-order valence-electron chi connectivity index (χ2n) is 6.78. The predicted octanol–water partition coefficient (Wildman–Crippen LogP) is 3.35. The van der Waals surface area contributed by atoms with Gasteiger partial charge in [0.1, 0.15) is 19.0 Å². The molecule has 1 N–H and O–H groups in total. The molecule has 0 saturated heterocycles. The molecule has 1 atom stereocenters. The van der Waals surface area contributed by atoms with E-state index in [4.69, 9.17) is 31.2 Å². The molecule has 2 aliphatic rings. The number of fused-ring (bicyclic) bond motifs is 1. The van der Waals surface area contributed by atoms with Crippen LogP contribution in [0, 0.1) is 0 Å². The Bertz CT molecular complexity index is 1040. The van der Waals surface area contributed by atoms with Gasteiger partial charge in [0.15, 0.2) is 16.6 Å². The molecule has 0 saturated carbocycles. The third kappa shape index (κ3) is 3.43. The molecule has 0 bridgehead atoms. The quantitative estimate of drug-likeness (QED) is 0.590. The Kier molecular flexibility index (Phi) is 5.50. The molecule has 30 heavy (non-hydrogen) atoms. The lowest BCUT2D eigenvalue weighted by Gasteiger charge is -2.38. The summed E-state index contributed by atoms with van der Waals surface area (Å²) in [5.41, 5.74) is 2.67. The van der Waals surface area contributed by atoms with Gasteiger partial charge in [-0.2, -0.15) is 0 Å². The number of ether oxygens (including phenoxy) is 4. The molecule has 156 valence electrons. The Morgan fingerprint density at radius 2 is 1.87 bits per heavy atom. The van der Waals surface area contributed by atoms with Crippen LogP contribution in [0.15, 0.2) is 53.7 Å². The van der Waals surface area contributed by atoms with Gasteiger partial charge in [0.2, 0.25) is 0 Å². The number of para-hydroxylation sites is 1. The zero-order chi connectivity index (χ0) is 21.3. The lowest BCUT2D eigenvalue weighted by molar-refractivity contribution is -0.136. The Morgan fingerprint density at radius 3 is 2.60 bits per heavy atom. The summed E-state index contributed by atoms with van der Waals surface area (Å²) in [7, 11) is 2.96. The number of carbonyl (C=O) groups excluding carboxylic acids is 1. The van der Waals surface area contributed by atoms with E-state index in [0.29, 0.717) is 46.8 Å². The minimum atomic E-state index is -0.505. The van der Waals surface area contributed by atoms with Crippen molar-refractivity contribution >= 4 is 29.0 Å². The third-order valence-electron chi connectivity index (χ3n) is 5.12. The van der Waals surface area contributed by atoms with E-state index < -0.39 is 12.0 Å². The Balaban J connectivity index is 1.82. The minimum absolute atomic E-state index is 0.444. The molecule has 8 heteroatoms. The molecule has 0 spiro atoms. The maximum absolute atomic E-state index is 12.8. The number of allylic oxidation sites excluding steroid dienone is 1. The molecule has 2 aromatic rings. The molecular formula is C22H22N2O5S. The van der Waals surface area contributed by atoms with Gasteiger partial charge in [0, 0.05) is 17.3 Å². The fraction of sp³-hybridized carbons (Fsp3) is 0.273. The van der Waals surface area contributed by atoms with Crippen LogP contribution in [0.4, 0.5) is 5.69 Å². The van der Waals surface area contributed by atoms with Gasteiger partial charge in [-0.05, 0) is 37.3 Å². The zero-order valence-electron chi connectivity index (χ0n) is 16.9. The van der Waals surface area contributed by atoms with Gasteiger partial charge in [0.05, 0.1) is 31.5 Å². The smallest absolute Gasteiger partial charge is 0.337 e. The number of thiocarbonyl (C=S) groups is 1. The van der Waals surface area contributed by atoms with Gasteiger partial charge in [-0.15, -0.1) is 0 Å². The van der Waals surface area contributed by atoms with Crippen molar-refractivity contribution in [3.05, 3.63) is 59.3 Å². The van der Waals surface area contributed by atoms with Crippen molar-refractivity contribution in [2.75, 3.05) is 32.3 Å². The summed E-state index contributed by atoms with van der Waals surface area (Å²) in [4.78, 5) is 14.6. The molecule has 0 fully saturated rings. The topological polar surface area (TPSA) is 69.3 Å². The van der Waals surface area contributed by atoms with Gasteiger partial charge in [-0.3, -0.25) is 4.90 Å². The maximum Gasteiger partial charge on any atom is 0.337 e. The molecule has 2 heterocycles. The van der Waals surface area contributed by atoms with Gasteiger partial charge in [-0.1, -0.05) is 18.2 Å². The highest BCUT2D eigenvalue weighted by atomic mass is 32.1. The summed E-state index contributed by atoms with van der Waals surface area (Å²) in [5, 5.41) is 3.73. The van der Waals surface area contributed by atoms with E-state index >= 15 is 0 Å². The second kappa shape index (κ2) is 8.23. The van der Waals surface area contributed by atoms with Crippen LogP contribution in [0.2, 0.25) is 0 Å². The highest BCUT2D eigenvalue weighted by Gasteiger charge is 2.36. The van der Waals surface area contributed by atoms with Crippen LogP contribution in [-0.2, 0) is 9.53 Å². The molecule has 2 aromatic carbocycles. The largest absolute Gasteiger partial charge is 0.496 e. The average Bonchev–Trinajstić information content (AvgIpc) is 2.78. The zero-order valence-corrected chi connectivity index (χ0v) is 17.7. The van der Waals surface area contributed by atoms with Crippen LogP contribution >= 0.6 is 12.2 Å². The molecule has 2 aliphatic heterocycles. The van der Waals surface area contributed by atoms with Crippen molar-refractivity contribution in [2.24, 2.45) is 0 Å². The molecule has 4 rings (SSSR count). The lowest BCUT2D eigenvalue weighted by Crippen LogP contribution is -2.48. The van der Waals surface area contributed by atoms with Crippen LogP contribution in [0.3, 0.4) is 0 Å². The molecule has 0 aliphatic carbocycles. The molecule has 0 unspecified atom stereocenters. The number of nitrogens with one attached hydrogen (secondary N) is 1. The van der Waals surface area contributed by atoms with Crippen LogP contribution in [0.5, 0.6) is 17.2 Å². The monoisotopic (exact) mass is 426 g/mol. The Morgan fingerprint density at radius 1 is 1.13 bits per heavy atom. The van der Waals surface area contributed by atoms with E-state index in [1.165, 1.54) is 7.11 Å². The van der Waals surface area contributed by atoms with Gasteiger partial charge in [-0.25, -0.2) is 4.79 Å². The van der Waals surface area contributed by atoms with E-state index in [1.54, 1.807) is 12.0 Å². The highest BCUT2D eigenvalue weighted by molar-refractivity contribution is 7.80. The van der Waals surface area contributed by atoms with Crippen LogP contribution in [-0.4, -0.2) is 38.5 Å². The van der Waals surface area contributed by atoms with Crippen molar-refractivity contribution in [3.63, 3.8) is 0 Å². The van der Waals surface area contributed by atoms with Crippen molar-refractivity contribution in [3.8, 4) is 17.2 Å². The van der Waals surface area contributed by atoms with E-state index in [2.05, 4.69) is 5.32 Å². The maximum atomic E-state index is 12.8. The van der Waals surface area contributed by atoms with Crippen LogP contribution in [0.25, 0.3) is 0 Å². The summed E-state index contributed by atoms with van der Waals surface area (Å²) in [6, 6.07) is 12.6. The molecule has 0 amide bonds. The highest BCUT2D eigenvalue weighted by Crippen LogP contribution is 2.40. The SMILES string of the molecule is COC(=O)C1=C(C)N(c2ccc3c(c2)OCCO3)C(=S)N[C@@H]1c1ccccc1OC. The van der Waals surface area contributed by atoms with Crippen molar-refractivity contribution in [1.82, 2.24) is 5.32 Å². The number of esters is 1. The molecule has 0 aromatic heterocycles. The number of anilines is 1. The van der Waals surface area contributed by atoms with E-state index in [9.17, 15) is 4.79 Å². The fourth-order valence-corrected chi connectivity index (χ4v) is 4.10. The molecule has 0 radical (unpaired) electrons. The van der Waals surface area contributed by atoms with Crippen molar-refractivity contribution in [1.29, 1.82) is 0 Å². The van der Waals surface area contributed by atoms with Gasteiger partial charge in [0.25, 0.3) is 0 Å². The number of methoxy groups -OCH3 is 2. The number of nitrogens with zero attached hydrogens (tertiary/aromatic N) is 1. The fourth-order valence-electron chi connectivity index (χ4n) is 3.74. The van der Waals surface area contributed by atoms with Crippen LogP contribution < -0.4 is 24.4 Å². The van der Waals surface area contributed by atoms with E-state index in [0.717, 1.165) is 11.3 Å². The summed E-state index contributed by atoms with van der Waals surface area (Å²) in [5.74, 6) is 1.53. The van der Waals surface area contributed by atoms with Gasteiger partial charge >= 0.3 is 5.97 Å². The number of hydrogen-bond acceptors (Lipinski definition) is 6. The Hall–Kier alpha value is -3.26. The minimum Gasteiger partial charge on any atom is -0.496 e. The van der Waals surface area contributed by atoms with Gasteiger partial charge < -0.3 is 24.3 Å². The summed E-state index contributed by atoms with van der Waals surface area (Å²) < 4.78 is 21.9. The predicted molar refractivity (Wildman–Crippen MR) is 116 cm³/mol. The summed E-state index contributed by atoms with van der Waals surface area (Å²) in [6.07, 6.45) is 0. The first-order chi connectivity index (χ1) is 14.5. The first-order valence-corrected chi connectivity index (χ1v) is 9.88. The molecule has 7 nitrogen and oxygen atoms in total. The molecular weight excluding hydrogens is 404 g/mol. The standard InChI is InChI=1S/C22H22N2O5S/c1-13-19(21(25)27-3)20(15-6-4-5-7-16(15)26-2)23-22(30)24(13)14-8-9-17-18(12-14)29-11-10-28-17/h4-9,12,20H,10-11H2,1-3H3,(H,23,30)/t20-/m1/s1. The second-order valence-corrected chi connectivity index (χ2v) is 7.17. The first-order valence-electron chi connectivity index (χ1n) is 9.47. The number of carbonyl (C=O) groups is 1. The lowest BCUT2D eigenvalue weighted by atomic mass is 9.94. The number of rotatable bonds is 4.